The van der Waals surface area contributed by atoms with Crippen molar-refractivity contribution < 1.29 is 14.3 Å². The number of Topliss-reactive ketones (excluding diaryl/α,β-unsaturated/α-hetero) is 1. The summed E-state index contributed by atoms with van der Waals surface area (Å²) in [4.78, 5) is 33.0. The highest BCUT2D eigenvalue weighted by molar-refractivity contribution is 5.96. The van der Waals surface area contributed by atoms with Crippen LogP contribution >= 0.6 is 0 Å². The molecule has 1 aliphatic heterocycles. The molecule has 1 amide bonds. The molecule has 0 N–H and O–H groups in total. The molecule has 0 bridgehead atoms. The lowest BCUT2D eigenvalue weighted by Crippen LogP contribution is -2.54. The molecule has 102 valence electrons. The summed E-state index contributed by atoms with van der Waals surface area (Å²) >= 11 is 0. The second-order valence-corrected chi connectivity index (χ2v) is 5.52. The van der Waals surface area contributed by atoms with Gasteiger partial charge in [-0.05, 0) is 26.8 Å². The Labute approximate surface area is 111 Å². The first-order chi connectivity index (χ1) is 8.87. The Morgan fingerprint density at radius 1 is 1.26 bits per heavy atom. The Morgan fingerprint density at radius 3 is 2.37 bits per heavy atom. The van der Waals surface area contributed by atoms with Crippen molar-refractivity contribution in [2.75, 3.05) is 13.1 Å². The summed E-state index contributed by atoms with van der Waals surface area (Å²) in [5, 5.41) is 0. The average molecular weight is 263 g/mol. The van der Waals surface area contributed by atoms with Crippen LogP contribution in [0.5, 0.6) is 0 Å². The molecular weight excluding hydrogens is 246 g/mol. The minimum atomic E-state index is -0.519. The molecule has 0 saturated carbocycles. The smallest absolute Gasteiger partial charge is 0.410 e. The summed E-state index contributed by atoms with van der Waals surface area (Å²) in [7, 11) is 0. The van der Waals surface area contributed by atoms with Crippen molar-refractivity contribution in [1.82, 2.24) is 14.9 Å². The highest BCUT2D eigenvalue weighted by Gasteiger charge is 2.38. The second-order valence-electron chi connectivity index (χ2n) is 5.52. The third-order valence-corrected chi connectivity index (χ3v) is 2.69. The molecule has 1 aromatic rings. The van der Waals surface area contributed by atoms with Crippen LogP contribution in [0, 0.1) is 5.92 Å². The number of carbonyl (C=O) groups is 2. The number of rotatable bonds is 2. The van der Waals surface area contributed by atoms with E-state index in [1.807, 2.05) is 20.8 Å². The van der Waals surface area contributed by atoms with Gasteiger partial charge in [0.2, 0.25) is 5.78 Å². The van der Waals surface area contributed by atoms with Gasteiger partial charge in [-0.25, -0.2) is 14.8 Å². The fourth-order valence-electron chi connectivity index (χ4n) is 1.73. The number of ketones is 1. The minimum Gasteiger partial charge on any atom is -0.444 e. The van der Waals surface area contributed by atoms with Crippen LogP contribution in [0.4, 0.5) is 4.79 Å². The van der Waals surface area contributed by atoms with Gasteiger partial charge < -0.3 is 9.64 Å². The number of nitrogens with zero attached hydrogens (tertiary/aromatic N) is 3. The van der Waals surface area contributed by atoms with Crippen molar-refractivity contribution in [2.45, 2.75) is 26.4 Å². The molecule has 0 spiro atoms. The maximum absolute atomic E-state index is 12.0. The zero-order valence-electron chi connectivity index (χ0n) is 11.3. The molecule has 0 radical (unpaired) electrons. The number of carbonyl (C=O) groups excluding carboxylic acids is 2. The van der Waals surface area contributed by atoms with Crippen LogP contribution in [0.15, 0.2) is 18.5 Å². The molecule has 2 heterocycles. The number of amides is 1. The number of hydrogen-bond donors (Lipinski definition) is 0. The lowest BCUT2D eigenvalue weighted by Gasteiger charge is -2.38. The molecule has 2 rings (SSSR count). The number of likely N-dealkylation sites (tertiary alicyclic amines) is 1. The van der Waals surface area contributed by atoms with Gasteiger partial charge in [0.1, 0.15) is 5.60 Å². The molecule has 1 aliphatic rings. The largest absolute Gasteiger partial charge is 0.444 e. The Morgan fingerprint density at radius 2 is 1.84 bits per heavy atom. The highest BCUT2D eigenvalue weighted by atomic mass is 16.6. The van der Waals surface area contributed by atoms with E-state index in [0.717, 1.165) is 0 Å². The van der Waals surface area contributed by atoms with Gasteiger partial charge in [0.15, 0.2) is 5.82 Å². The molecule has 0 aromatic carbocycles. The van der Waals surface area contributed by atoms with Crippen LogP contribution in [-0.2, 0) is 4.74 Å². The maximum Gasteiger partial charge on any atom is 0.410 e. The first-order valence-corrected chi connectivity index (χ1v) is 6.16. The van der Waals surface area contributed by atoms with Gasteiger partial charge in [-0.1, -0.05) is 0 Å². The van der Waals surface area contributed by atoms with Crippen LogP contribution in [-0.4, -0.2) is 45.4 Å². The van der Waals surface area contributed by atoms with E-state index in [1.54, 1.807) is 6.07 Å². The molecule has 1 fully saturated rings. The van der Waals surface area contributed by atoms with Crippen molar-refractivity contribution in [3.05, 3.63) is 24.3 Å². The fraction of sp³-hybridized carbons (Fsp3) is 0.538. The lowest BCUT2D eigenvalue weighted by molar-refractivity contribution is 0.00131. The molecule has 1 aromatic heterocycles. The predicted molar refractivity (Wildman–Crippen MR) is 67.7 cm³/mol. The Bertz CT molecular complexity index is 476. The van der Waals surface area contributed by atoms with E-state index >= 15 is 0 Å². The molecule has 1 saturated heterocycles. The fourth-order valence-corrected chi connectivity index (χ4v) is 1.73. The van der Waals surface area contributed by atoms with Gasteiger partial charge in [0.05, 0.1) is 5.92 Å². The number of ether oxygens (including phenoxy) is 1. The van der Waals surface area contributed by atoms with Crippen molar-refractivity contribution in [3.63, 3.8) is 0 Å². The highest BCUT2D eigenvalue weighted by Crippen LogP contribution is 2.21. The normalized spacial score (nSPS) is 15.8. The van der Waals surface area contributed by atoms with E-state index in [2.05, 4.69) is 9.97 Å². The summed E-state index contributed by atoms with van der Waals surface area (Å²) in [5.74, 6) is -0.147. The van der Waals surface area contributed by atoms with Gasteiger partial charge in [-0.2, -0.15) is 0 Å². The van der Waals surface area contributed by atoms with Gasteiger partial charge in [0, 0.05) is 25.5 Å². The predicted octanol–water partition coefficient (Wildman–Crippen LogP) is 1.53. The van der Waals surface area contributed by atoms with E-state index < -0.39 is 5.60 Å². The summed E-state index contributed by atoms with van der Waals surface area (Å²) < 4.78 is 5.22. The summed E-state index contributed by atoms with van der Waals surface area (Å²) in [6.45, 7) is 6.17. The zero-order chi connectivity index (χ0) is 14.0. The van der Waals surface area contributed by atoms with E-state index in [-0.39, 0.29) is 23.6 Å². The van der Waals surface area contributed by atoms with E-state index in [9.17, 15) is 9.59 Å². The molecule has 6 heteroatoms. The third kappa shape index (κ3) is 3.27. The molecule has 6 nitrogen and oxygen atoms in total. The standard InChI is InChI=1S/C13H17N3O3/c1-13(2,3)19-12(18)16-7-9(8-16)10(17)11-14-5-4-6-15-11/h4-6,9H,7-8H2,1-3H3. The Balaban J connectivity index is 1.87. The zero-order valence-corrected chi connectivity index (χ0v) is 11.3. The Kier molecular flexibility index (Phi) is 3.50. The molecule has 0 aliphatic carbocycles. The molecule has 19 heavy (non-hydrogen) atoms. The van der Waals surface area contributed by atoms with E-state index in [0.29, 0.717) is 13.1 Å². The topological polar surface area (TPSA) is 72.4 Å². The van der Waals surface area contributed by atoms with Crippen LogP contribution in [0.3, 0.4) is 0 Å². The van der Waals surface area contributed by atoms with Crippen molar-refractivity contribution >= 4 is 11.9 Å². The van der Waals surface area contributed by atoms with Crippen molar-refractivity contribution in [1.29, 1.82) is 0 Å². The SMILES string of the molecule is CC(C)(C)OC(=O)N1CC(C(=O)c2ncccn2)C1. The van der Waals surface area contributed by atoms with E-state index in [4.69, 9.17) is 4.74 Å². The maximum atomic E-state index is 12.0. The number of aromatic nitrogens is 2. The Hall–Kier alpha value is -1.98. The van der Waals surface area contributed by atoms with Gasteiger partial charge >= 0.3 is 6.09 Å². The van der Waals surface area contributed by atoms with Gasteiger partial charge in [0.25, 0.3) is 0 Å². The quantitative estimate of drug-likeness (QED) is 0.756. The van der Waals surface area contributed by atoms with Crippen LogP contribution < -0.4 is 0 Å². The molecule has 0 unspecified atom stereocenters. The first-order valence-electron chi connectivity index (χ1n) is 6.16. The van der Waals surface area contributed by atoms with Crippen LogP contribution in [0.1, 0.15) is 31.4 Å². The monoisotopic (exact) mass is 263 g/mol. The van der Waals surface area contributed by atoms with Gasteiger partial charge in [-0.3, -0.25) is 4.79 Å². The summed E-state index contributed by atoms with van der Waals surface area (Å²) in [6, 6.07) is 1.66. The lowest BCUT2D eigenvalue weighted by atomic mass is 9.95. The van der Waals surface area contributed by atoms with Crippen LogP contribution in [0.2, 0.25) is 0 Å². The van der Waals surface area contributed by atoms with E-state index in [1.165, 1.54) is 17.3 Å². The number of hydrogen-bond acceptors (Lipinski definition) is 5. The summed E-state index contributed by atoms with van der Waals surface area (Å²) in [6.07, 6.45) is 2.68. The van der Waals surface area contributed by atoms with Crippen molar-refractivity contribution in [2.24, 2.45) is 5.92 Å². The van der Waals surface area contributed by atoms with Gasteiger partial charge in [-0.15, -0.1) is 0 Å². The summed E-state index contributed by atoms with van der Waals surface area (Å²) in [5.41, 5.74) is -0.519. The first kappa shape index (κ1) is 13.5. The average Bonchev–Trinajstić information content (AvgIpc) is 2.25. The second kappa shape index (κ2) is 4.95. The third-order valence-electron chi connectivity index (χ3n) is 2.69. The minimum absolute atomic E-state index is 0.125. The molecule has 0 atom stereocenters. The van der Waals surface area contributed by atoms with Crippen LogP contribution in [0.25, 0.3) is 0 Å². The molecular formula is C13H17N3O3. The van der Waals surface area contributed by atoms with Crippen molar-refractivity contribution in [3.8, 4) is 0 Å².